The summed E-state index contributed by atoms with van der Waals surface area (Å²) in [6.45, 7) is 3.30. The molecule has 2 unspecified atom stereocenters. The van der Waals surface area contributed by atoms with E-state index in [0.717, 1.165) is 0 Å². The van der Waals surface area contributed by atoms with Crippen molar-refractivity contribution in [3.63, 3.8) is 0 Å². The highest BCUT2D eigenvalue weighted by Gasteiger charge is 2.44. The highest BCUT2D eigenvalue weighted by Crippen LogP contribution is 2.27. The Bertz CT molecular complexity index is 280. The number of azide groups is 1. The molecule has 1 saturated heterocycles. The quantitative estimate of drug-likeness (QED) is 0.354. The minimum absolute atomic E-state index is 0.00653. The summed E-state index contributed by atoms with van der Waals surface area (Å²) in [5.41, 5.74) is 8.37. The Balaban J connectivity index is 2.92. The molecule has 0 bridgehead atoms. The van der Waals surface area contributed by atoms with Crippen molar-refractivity contribution in [2.75, 3.05) is 6.61 Å². The third-order valence-corrected chi connectivity index (χ3v) is 2.77. The molecule has 3 N–H and O–H groups in total. The van der Waals surface area contributed by atoms with Gasteiger partial charge in [-0.1, -0.05) is 19.0 Å². The molecule has 1 fully saturated rings. The molecule has 0 aromatic carbocycles. The molecule has 92 valence electrons. The summed E-state index contributed by atoms with van der Waals surface area (Å²) in [7, 11) is 0. The smallest absolute Gasteiger partial charge is 0.107 e. The Kier molecular flexibility index (Phi) is 4.52. The molecule has 0 radical (unpaired) electrons. The van der Waals surface area contributed by atoms with Gasteiger partial charge in [0.25, 0.3) is 0 Å². The van der Waals surface area contributed by atoms with Crippen molar-refractivity contribution in [3.05, 3.63) is 10.4 Å². The van der Waals surface area contributed by atoms with Crippen LogP contribution in [0, 0.1) is 5.92 Å². The predicted octanol–water partition coefficient (Wildman–Crippen LogP) is -0.197. The fourth-order valence-corrected chi connectivity index (χ4v) is 1.88. The second-order valence-corrected chi connectivity index (χ2v) is 4.24. The van der Waals surface area contributed by atoms with E-state index in [-0.39, 0.29) is 12.5 Å². The Hall–Kier alpha value is -0.850. The largest absolute Gasteiger partial charge is 0.394 e. The van der Waals surface area contributed by atoms with Crippen molar-refractivity contribution in [2.45, 2.75) is 44.3 Å². The van der Waals surface area contributed by atoms with Crippen molar-refractivity contribution >= 4 is 0 Å². The minimum atomic E-state index is -1.19. The maximum absolute atomic E-state index is 9.88. The van der Waals surface area contributed by atoms with Crippen LogP contribution >= 0.6 is 0 Å². The van der Waals surface area contributed by atoms with Gasteiger partial charge in [-0.15, -0.1) is 0 Å². The summed E-state index contributed by atoms with van der Waals surface area (Å²) in [5.74, 6) is -0.00653. The normalized spacial score (nSPS) is 39.5. The number of nitrogens with zero attached hydrogens (tertiary/aromatic N) is 3. The highest BCUT2D eigenvalue weighted by atomic mass is 16.5. The number of aliphatic hydroxyl groups excluding tert-OH is 3. The first-order valence-electron chi connectivity index (χ1n) is 5.19. The molecule has 1 heterocycles. The van der Waals surface area contributed by atoms with Gasteiger partial charge < -0.3 is 20.1 Å². The van der Waals surface area contributed by atoms with Crippen LogP contribution in [0.25, 0.3) is 10.4 Å². The molecule has 7 heteroatoms. The molecule has 1 rings (SSSR count). The van der Waals surface area contributed by atoms with Crippen LogP contribution in [0.5, 0.6) is 0 Å². The maximum Gasteiger partial charge on any atom is 0.107 e. The van der Waals surface area contributed by atoms with Crippen molar-refractivity contribution in [2.24, 2.45) is 11.0 Å². The molecule has 1 aliphatic heterocycles. The topological polar surface area (TPSA) is 119 Å². The third-order valence-electron chi connectivity index (χ3n) is 2.77. The summed E-state index contributed by atoms with van der Waals surface area (Å²) >= 11 is 0. The maximum atomic E-state index is 9.88. The zero-order valence-electron chi connectivity index (χ0n) is 9.26. The van der Waals surface area contributed by atoms with Crippen molar-refractivity contribution in [3.8, 4) is 0 Å². The van der Waals surface area contributed by atoms with Crippen LogP contribution in [0.2, 0.25) is 0 Å². The van der Waals surface area contributed by atoms with Crippen LogP contribution in [-0.2, 0) is 4.74 Å². The van der Waals surface area contributed by atoms with Crippen LogP contribution in [-0.4, -0.2) is 52.4 Å². The SMILES string of the molecule is CC(C)[C@@H]1OC(CO)[C@H](O)C(N=[N+]=[N-])[C@H]1O. The van der Waals surface area contributed by atoms with E-state index in [0.29, 0.717) is 0 Å². The van der Waals surface area contributed by atoms with Crippen molar-refractivity contribution < 1.29 is 20.1 Å². The Morgan fingerprint density at radius 2 is 2.00 bits per heavy atom. The molecular weight excluding hydrogens is 214 g/mol. The molecule has 0 aromatic heterocycles. The predicted molar refractivity (Wildman–Crippen MR) is 55.5 cm³/mol. The van der Waals surface area contributed by atoms with Crippen LogP contribution < -0.4 is 0 Å². The fraction of sp³-hybridized carbons (Fsp3) is 1.00. The molecule has 16 heavy (non-hydrogen) atoms. The Labute approximate surface area is 93.3 Å². The summed E-state index contributed by atoms with van der Waals surface area (Å²) < 4.78 is 5.36. The molecule has 7 nitrogen and oxygen atoms in total. The lowest BCUT2D eigenvalue weighted by Crippen LogP contribution is -2.58. The van der Waals surface area contributed by atoms with E-state index < -0.39 is 30.5 Å². The van der Waals surface area contributed by atoms with Gasteiger partial charge in [-0.2, -0.15) is 0 Å². The molecule has 0 saturated carbocycles. The number of hydrogen-bond acceptors (Lipinski definition) is 5. The van der Waals surface area contributed by atoms with E-state index in [4.69, 9.17) is 15.4 Å². The van der Waals surface area contributed by atoms with E-state index in [1.54, 1.807) is 0 Å². The fourth-order valence-electron chi connectivity index (χ4n) is 1.88. The van der Waals surface area contributed by atoms with Crippen LogP contribution in [0.1, 0.15) is 13.8 Å². The van der Waals surface area contributed by atoms with Gasteiger partial charge in [0, 0.05) is 4.91 Å². The number of aliphatic hydroxyl groups is 3. The van der Waals surface area contributed by atoms with Gasteiger partial charge in [-0.3, -0.25) is 0 Å². The van der Waals surface area contributed by atoms with Gasteiger partial charge in [0.15, 0.2) is 0 Å². The number of hydrogen-bond donors (Lipinski definition) is 3. The Morgan fingerprint density at radius 1 is 1.38 bits per heavy atom. The number of rotatable bonds is 3. The van der Waals surface area contributed by atoms with E-state index >= 15 is 0 Å². The van der Waals surface area contributed by atoms with Crippen molar-refractivity contribution in [1.29, 1.82) is 0 Å². The summed E-state index contributed by atoms with van der Waals surface area (Å²) in [5, 5.41) is 32.0. The standard InChI is InChI=1S/C9H17N3O4/c1-4(2)9-8(15)6(11-12-10)7(14)5(3-13)16-9/h4-9,13-15H,3H2,1-2H3/t5?,6?,7-,8+,9-/m0/s1. The monoisotopic (exact) mass is 231 g/mol. The first kappa shape index (κ1) is 13.2. The second kappa shape index (κ2) is 5.47. The molecule has 0 spiro atoms. The highest BCUT2D eigenvalue weighted by molar-refractivity contribution is 4.97. The molecule has 5 atom stereocenters. The van der Waals surface area contributed by atoms with Gasteiger partial charge in [0.2, 0.25) is 0 Å². The van der Waals surface area contributed by atoms with E-state index in [1.165, 1.54) is 0 Å². The molecule has 1 aliphatic rings. The average Bonchev–Trinajstić information content (AvgIpc) is 2.24. The van der Waals surface area contributed by atoms with E-state index in [1.807, 2.05) is 13.8 Å². The Morgan fingerprint density at radius 3 is 2.44 bits per heavy atom. The minimum Gasteiger partial charge on any atom is -0.394 e. The van der Waals surface area contributed by atoms with Gasteiger partial charge in [-0.25, -0.2) is 0 Å². The second-order valence-electron chi connectivity index (χ2n) is 4.24. The summed E-state index contributed by atoms with van der Waals surface area (Å²) in [6.07, 6.45) is -3.64. The van der Waals surface area contributed by atoms with Gasteiger partial charge >= 0.3 is 0 Å². The van der Waals surface area contributed by atoms with Crippen molar-refractivity contribution in [1.82, 2.24) is 0 Å². The molecule has 0 aromatic rings. The van der Waals surface area contributed by atoms with Crippen LogP contribution in [0.4, 0.5) is 0 Å². The first-order valence-corrected chi connectivity index (χ1v) is 5.19. The summed E-state index contributed by atoms with van der Waals surface area (Å²) in [4.78, 5) is 2.59. The van der Waals surface area contributed by atoms with E-state index in [9.17, 15) is 10.2 Å². The lowest BCUT2D eigenvalue weighted by atomic mass is 9.88. The lowest BCUT2D eigenvalue weighted by molar-refractivity contribution is -0.199. The molecular formula is C9H17N3O4. The molecule has 0 aliphatic carbocycles. The third kappa shape index (κ3) is 2.45. The van der Waals surface area contributed by atoms with Gasteiger partial charge in [0.05, 0.1) is 31.0 Å². The van der Waals surface area contributed by atoms with Crippen LogP contribution in [0.3, 0.4) is 0 Å². The average molecular weight is 231 g/mol. The zero-order chi connectivity index (χ0) is 12.3. The first-order chi connectivity index (χ1) is 7.52. The van der Waals surface area contributed by atoms with E-state index in [2.05, 4.69) is 10.0 Å². The zero-order valence-corrected chi connectivity index (χ0v) is 9.26. The lowest BCUT2D eigenvalue weighted by Gasteiger charge is -2.42. The van der Waals surface area contributed by atoms with Crippen LogP contribution in [0.15, 0.2) is 5.11 Å². The summed E-state index contributed by atoms with van der Waals surface area (Å²) in [6, 6.07) is -0.983. The number of ether oxygens (including phenoxy) is 1. The molecule has 0 amide bonds. The van der Waals surface area contributed by atoms with Gasteiger partial charge in [-0.05, 0) is 11.4 Å². The van der Waals surface area contributed by atoms with Gasteiger partial charge in [0.1, 0.15) is 6.10 Å².